The molecule has 0 fully saturated rings. The molecule has 0 amide bonds. The average molecular weight is 291 g/mol. The highest BCUT2D eigenvalue weighted by Crippen LogP contribution is 2.39. The fraction of sp³-hybridized carbons (Fsp3) is 0.429. The number of para-hydroxylation sites is 1. The standard InChI is InChI=1S/C14H17N3O2S/c1-3-9(15-2)14-16-13(17-19-14)11-8-20-12-7-5-4-6-10(12)18-11/h4-7,9,11,15H,3,8H2,1-2H3. The summed E-state index contributed by atoms with van der Waals surface area (Å²) in [7, 11) is 1.89. The normalized spacial score (nSPS) is 19.2. The van der Waals surface area contributed by atoms with Crippen molar-refractivity contribution < 1.29 is 9.26 Å². The Bertz CT molecular complexity index is 583. The Labute approximate surface area is 122 Å². The summed E-state index contributed by atoms with van der Waals surface area (Å²) in [4.78, 5) is 5.63. The molecule has 1 aromatic heterocycles. The Hall–Kier alpha value is -1.53. The van der Waals surface area contributed by atoms with Gasteiger partial charge >= 0.3 is 0 Å². The molecule has 1 N–H and O–H groups in total. The van der Waals surface area contributed by atoms with Crippen molar-refractivity contribution in [2.24, 2.45) is 0 Å². The van der Waals surface area contributed by atoms with E-state index in [9.17, 15) is 0 Å². The highest BCUT2D eigenvalue weighted by molar-refractivity contribution is 7.99. The summed E-state index contributed by atoms with van der Waals surface area (Å²) in [5, 5.41) is 7.22. The van der Waals surface area contributed by atoms with Gasteiger partial charge in [0.05, 0.1) is 6.04 Å². The highest BCUT2D eigenvalue weighted by atomic mass is 32.2. The third-order valence-corrected chi connectivity index (χ3v) is 4.43. The highest BCUT2D eigenvalue weighted by Gasteiger charge is 2.27. The Morgan fingerprint density at radius 3 is 3.10 bits per heavy atom. The van der Waals surface area contributed by atoms with Crippen LogP contribution in [0.15, 0.2) is 33.7 Å². The number of rotatable bonds is 4. The molecule has 2 heterocycles. The van der Waals surface area contributed by atoms with E-state index in [1.54, 1.807) is 11.8 Å². The smallest absolute Gasteiger partial charge is 0.243 e. The van der Waals surface area contributed by atoms with Crippen LogP contribution in [0.25, 0.3) is 0 Å². The van der Waals surface area contributed by atoms with Gasteiger partial charge in [0.25, 0.3) is 0 Å². The number of ether oxygens (including phenoxy) is 1. The summed E-state index contributed by atoms with van der Waals surface area (Å²) in [5.74, 6) is 2.93. The van der Waals surface area contributed by atoms with E-state index in [1.165, 1.54) is 0 Å². The largest absolute Gasteiger partial charge is 0.480 e. The van der Waals surface area contributed by atoms with Gasteiger partial charge in [0.1, 0.15) is 5.75 Å². The predicted octanol–water partition coefficient (Wildman–Crippen LogP) is 2.97. The molecular formula is C14H17N3O2S. The first-order valence-corrected chi connectivity index (χ1v) is 7.69. The fourth-order valence-electron chi connectivity index (χ4n) is 2.17. The number of fused-ring (bicyclic) bond motifs is 1. The lowest BCUT2D eigenvalue weighted by atomic mass is 10.2. The quantitative estimate of drug-likeness (QED) is 0.934. The number of nitrogens with zero attached hydrogens (tertiary/aromatic N) is 2. The number of nitrogens with one attached hydrogen (secondary N) is 1. The van der Waals surface area contributed by atoms with Gasteiger partial charge < -0.3 is 14.6 Å². The molecule has 0 aliphatic carbocycles. The van der Waals surface area contributed by atoms with Crippen LogP contribution in [-0.4, -0.2) is 22.9 Å². The van der Waals surface area contributed by atoms with Gasteiger partial charge in [-0.05, 0) is 25.6 Å². The third kappa shape index (κ3) is 2.53. The SMILES string of the molecule is CCC(NC)c1nc(C2CSc3ccccc3O2)no1. The van der Waals surface area contributed by atoms with Gasteiger partial charge in [-0.3, -0.25) is 0 Å². The molecule has 2 atom stereocenters. The summed E-state index contributed by atoms with van der Waals surface area (Å²) in [6.07, 6.45) is 0.753. The molecule has 3 rings (SSSR count). The van der Waals surface area contributed by atoms with Crippen molar-refractivity contribution in [2.45, 2.75) is 30.4 Å². The molecular weight excluding hydrogens is 274 g/mol. The minimum Gasteiger partial charge on any atom is -0.480 e. The molecule has 0 radical (unpaired) electrons. The lowest BCUT2D eigenvalue weighted by Crippen LogP contribution is -2.18. The summed E-state index contributed by atoms with van der Waals surface area (Å²) >= 11 is 1.76. The van der Waals surface area contributed by atoms with E-state index in [2.05, 4.69) is 28.4 Å². The molecule has 1 aliphatic heterocycles. The van der Waals surface area contributed by atoms with Crippen LogP contribution < -0.4 is 10.1 Å². The average Bonchev–Trinajstić information content (AvgIpc) is 2.98. The predicted molar refractivity (Wildman–Crippen MR) is 76.9 cm³/mol. The molecule has 106 valence electrons. The lowest BCUT2D eigenvalue weighted by Gasteiger charge is -2.22. The van der Waals surface area contributed by atoms with Crippen molar-refractivity contribution in [3.8, 4) is 5.75 Å². The Kier molecular flexibility index (Phi) is 3.93. The number of hydrogen-bond donors (Lipinski definition) is 1. The van der Waals surface area contributed by atoms with E-state index in [4.69, 9.17) is 9.26 Å². The van der Waals surface area contributed by atoms with Gasteiger partial charge in [-0.25, -0.2) is 0 Å². The van der Waals surface area contributed by atoms with Gasteiger partial charge in [0.2, 0.25) is 11.7 Å². The molecule has 0 spiro atoms. The van der Waals surface area contributed by atoms with Crippen LogP contribution in [0.2, 0.25) is 0 Å². The van der Waals surface area contributed by atoms with Crippen molar-refractivity contribution in [1.82, 2.24) is 15.5 Å². The molecule has 20 heavy (non-hydrogen) atoms. The van der Waals surface area contributed by atoms with Crippen molar-refractivity contribution in [1.29, 1.82) is 0 Å². The van der Waals surface area contributed by atoms with Gasteiger partial charge in [0.15, 0.2) is 6.10 Å². The monoisotopic (exact) mass is 291 g/mol. The van der Waals surface area contributed by atoms with Crippen molar-refractivity contribution in [3.05, 3.63) is 36.0 Å². The lowest BCUT2D eigenvalue weighted by molar-refractivity contribution is 0.204. The molecule has 6 heteroatoms. The number of hydrogen-bond acceptors (Lipinski definition) is 6. The number of benzene rings is 1. The van der Waals surface area contributed by atoms with Crippen LogP contribution in [-0.2, 0) is 0 Å². The van der Waals surface area contributed by atoms with Crippen LogP contribution in [0.4, 0.5) is 0 Å². The molecule has 1 aromatic carbocycles. The number of thioether (sulfide) groups is 1. The third-order valence-electron chi connectivity index (χ3n) is 3.31. The Balaban J connectivity index is 1.78. The number of aromatic nitrogens is 2. The van der Waals surface area contributed by atoms with Crippen molar-refractivity contribution in [3.63, 3.8) is 0 Å². The second kappa shape index (κ2) is 5.85. The second-order valence-corrected chi connectivity index (χ2v) is 5.67. The maximum absolute atomic E-state index is 5.95. The van der Waals surface area contributed by atoms with E-state index in [0.29, 0.717) is 11.7 Å². The zero-order valence-electron chi connectivity index (χ0n) is 11.5. The molecule has 5 nitrogen and oxygen atoms in total. The van der Waals surface area contributed by atoms with Gasteiger partial charge in [0, 0.05) is 10.6 Å². The first kappa shape index (κ1) is 13.5. The zero-order valence-corrected chi connectivity index (χ0v) is 12.3. The van der Waals surface area contributed by atoms with Crippen molar-refractivity contribution in [2.75, 3.05) is 12.8 Å². The topological polar surface area (TPSA) is 60.2 Å². The van der Waals surface area contributed by atoms with Crippen molar-refractivity contribution >= 4 is 11.8 Å². The second-order valence-electron chi connectivity index (χ2n) is 4.60. The maximum Gasteiger partial charge on any atom is 0.243 e. The molecule has 2 aromatic rings. The van der Waals surface area contributed by atoms with E-state index < -0.39 is 0 Å². The van der Waals surface area contributed by atoms with Crippen LogP contribution >= 0.6 is 11.8 Å². The van der Waals surface area contributed by atoms with E-state index in [1.807, 2.05) is 25.2 Å². The van der Waals surface area contributed by atoms with Crippen LogP contribution in [0, 0.1) is 0 Å². The van der Waals surface area contributed by atoms with E-state index in [-0.39, 0.29) is 12.1 Å². The van der Waals surface area contributed by atoms with Crippen LogP contribution in [0.3, 0.4) is 0 Å². The minimum absolute atomic E-state index is 0.0970. The van der Waals surface area contributed by atoms with E-state index >= 15 is 0 Å². The van der Waals surface area contributed by atoms with Crippen LogP contribution in [0.5, 0.6) is 5.75 Å². The van der Waals surface area contributed by atoms with Gasteiger partial charge in [-0.2, -0.15) is 4.98 Å². The minimum atomic E-state index is -0.151. The summed E-state index contributed by atoms with van der Waals surface area (Å²) in [6, 6.07) is 8.11. The zero-order chi connectivity index (χ0) is 13.9. The van der Waals surface area contributed by atoms with Gasteiger partial charge in [-0.15, -0.1) is 11.8 Å². The Morgan fingerprint density at radius 1 is 1.45 bits per heavy atom. The summed E-state index contributed by atoms with van der Waals surface area (Å²) in [6.45, 7) is 2.08. The summed E-state index contributed by atoms with van der Waals surface area (Å²) in [5.41, 5.74) is 0. The molecule has 0 saturated heterocycles. The first-order valence-electron chi connectivity index (χ1n) is 6.71. The molecule has 0 bridgehead atoms. The fourth-order valence-corrected chi connectivity index (χ4v) is 3.15. The summed E-state index contributed by atoms with van der Waals surface area (Å²) < 4.78 is 11.3. The molecule has 0 saturated carbocycles. The maximum atomic E-state index is 5.95. The van der Waals surface area contributed by atoms with Crippen LogP contribution in [0.1, 0.15) is 37.2 Å². The molecule has 1 aliphatic rings. The molecule has 2 unspecified atom stereocenters. The Morgan fingerprint density at radius 2 is 2.30 bits per heavy atom. The van der Waals surface area contributed by atoms with E-state index in [0.717, 1.165) is 22.8 Å². The van der Waals surface area contributed by atoms with Gasteiger partial charge in [-0.1, -0.05) is 24.2 Å². The first-order chi connectivity index (χ1) is 9.81.